The molecule has 7 heteroatoms. The summed E-state index contributed by atoms with van der Waals surface area (Å²) < 4.78 is 10.1. The van der Waals surface area contributed by atoms with E-state index in [1.807, 2.05) is 0 Å². The van der Waals surface area contributed by atoms with E-state index in [9.17, 15) is 14.4 Å². The highest BCUT2D eigenvalue weighted by atomic mass is 16.6. The van der Waals surface area contributed by atoms with Gasteiger partial charge in [-0.3, -0.25) is 10.1 Å². The number of hydrogen-bond donors (Lipinski definition) is 2. The van der Waals surface area contributed by atoms with Crippen molar-refractivity contribution in [3.8, 4) is 0 Å². The molecule has 2 amide bonds. The van der Waals surface area contributed by atoms with Gasteiger partial charge in [0.1, 0.15) is 5.60 Å². The first kappa shape index (κ1) is 21.5. The quantitative estimate of drug-likeness (QED) is 0.724. The van der Waals surface area contributed by atoms with Crippen LogP contribution in [0.4, 0.5) is 10.5 Å². The fraction of sp³-hybridized carbons (Fsp3) is 0.526. The van der Waals surface area contributed by atoms with Crippen LogP contribution >= 0.6 is 0 Å². The fourth-order valence-electron chi connectivity index (χ4n) is 1.91. The highest BCUT2D eigenvalue weighted by Crippen LogP contribution is 2.14. The van der Waals surface area contributed by atoms with Gasteiger partial charge >= 0.3 is 12.1 Å². The zero-order valence-corrected chi connectivity index (χ0v) is 16.0. The number of anilines is 1. The van der Waals surface area contributed by atoms with Gasteiger partial charge < -0.3 is 14.8 Å². The van der Waals surface area contributed by atoms with Gasteiger partial charge in [0.25, 0.3) is 5.91 Å². The van der Waals surface area contributed by atoms with E-state index in [4.69, 9.17) is 9.47 Å². The molecule has 0 saturated heterocycles. The lowest BCUT2D eigenvalue weighted by molar-refractivity contribution is -0.124. The lowest BCUT2D eigenvalue weighted by Gasteiger charge is -2.19. The lowest BCUT2D eigenvalue weighted by atomic mass is 10.1. The predicted octanol–water partition coefficient (Wildman–Crippen LogP) is 3.35. The summed E-state index contributed by atoms with van der Waals surface area (Å²) in [5.41, 5.74) is 0.00688. The molecule has 144 valence electrons. The minimum atomic E-state index is -0.642. The van der Waals surface area contributed by atoms with Crippen LogP contribution in [0.1, 0.15) is 51.4 Å². The van der Waals surface area contributed by atoms with E-state index in [2.05, 4.69) is 24.5 Å². The molecule has 0 unspecified atom stereocenters. The van der Waals surface area contributed by atoms with Gasteiger partial charge in [0.15, 0.2) is 6.61 Å². The Hall–Kier alpha value is -2.57. The van der Waals surface area contributed by atoms with Crippen LogP contribution in [0.25, 0.3) is 0 Å². The number of amides is 2. The van der Waals surface area contributed by atoms with Crippen LogP contribution in [-0.2, 0) is 14.3 Å². The number of carbonyl (C=O) groups is 3. The van der Waals surface area contributed by atoms with E-state index in [-0.39, 0.29) is 18.1 Å². The van der Waals surface area contributed by atoms with Gasteiger partial charge in [-0.15, -0.1) is 0 Å². The maximum atomic E-state index is 12.1. The van der Waals surface area contributed by atoms with Crippen LogP contribution in [0.5, 0.6) is 0 Å². The van der Waals surface area contributed by atoms with E-state index in [1.54, 1.807) is 39.0 Å². The molecule has 1 rings (SSSR count). The first-order valence-corrected chi connectivity index (χ1v) is 8.60. The molecular weight excluding hydrogens is 336 g/mol. The summed E-state index contributed by atoms with van der Waals surface area (Å²) in [6.45, 7) is 9.59. The summed E-state index contributed by atoms with van der Waals surface area (Å²) in [6.07, 6.45) is 0.241. The number of rotatable bonds is 7. The van der Waals surface area contributed by atoms with Crippen LogP contribution in [0.3, 0.4) is 0 Å². The summed E-state index contributed by atoms with van der Waals surface area (Å²) in [6, 6.07) is 6.23. The second kappa shape index (κ2) is 9.79. The molecule has 0 aliphatic rings. The molecule has 0 bridgehead atoms. The largest absolute Gasteiger partial charge is 0.452 e. The molecule has 0 saturated carbocycles. The molecule has 0 fully saturated rings. The standard InChI is InChI=1S/C19H28N2O5/c1-13(2)9-10-20-16(22)12-25-17(23)14-7-6-8-15(11-14)21-18(24)26-19(3,4)5/h6-8,11,13H,9-10,12H2,1-5H3,(H,20,22)(H,21,24). The SMILES string of the molecule is CC(C)CCNC(=O)COC(=O)c1cccc(NC(=O)OC(C)(C)C)c1. The molecule has 0 atom stereocenters. The monoisotopic (exact) mass is 364 g/mol. The predicted molar refractivity (Wildman–Crippen MR) is 99.0 cm³/mol. The van der Waals surface area contributed by atoms with Crippen molar-refractivity contribution >= 4 is 23.7 Å². The molecule has 0 aliphatic carbocycles. The van der Waals surface area contributed by atoms with E-state index >= 15 is 0 Å². The number of benzene rings is 1. The zero-order chi connectivity index (χ0) is 19.7. The Morgan fingerprint density at radius 3 is 2.46 bits per heavy atom. The summed E-state index contributed by atoms with van der Waals surface area (Å²) >= 11 is 0. The van der Waals surface area contributed by atoms with Gasteiger partial charge in [-0.25, -0.2) is 9.59 Å². The molecule has 7 nitrogen and oxygen atoms in total. The third-order valence-corrected chi connectivity index (χ3v) is 3.12. The van der Waals surface area contributed by atoms with Gasteiger partial charge in [0, 0.05) is 12.2 Å². The van der Waals surface area contributed by atoms with Crippen molar-refractivity contribution < 1.29 is 23.9 Å². The Morgan fingerprint density at radius 2 is 1.85 bits per heavy atom. The van der Waals surface area contributed by atoms with E-state index in [0.717, 1.165) is 6.42 Å². The van der Waals surface area contributed by atoms with Crippen LogP contribution < -0.4 is 10.6 Å². The molecule has 2 N–H and O–H groups in total. The topological polar surface area (TPSA) is 93.7 Å². The second-order valence-corrected chi connectivity index (χ2v) is 7.32. The zero-order valence-electron chi connectivity index (χ0n) is 16.0. The van der Waals surface area contributed by atoms with Crippen LogP contribution in [0, 0.1) is 5.92 Å². The maximum absolute atomic E-state index is 12.1. The Kier molecular flexibility index (Phi) is 8.09. The summed E-state index contributed by atoms with van der Waals surface area (Å²) in [4.78, 5) is 35.5. The minimum Gasteiger partial charge on any atom is -0.452 e. The summed E-state index contributed by atoms with van der Waals surface area (Å²) in [7, 11) is 0. The van der Waals surface area contributed by atoms with Crippen LogP contribution in [0.2, 0.25) is 0 Å². The molecule has 0 spiro atoms. The summed E-state index contributed by atoms with van der Waals surface area (Å²) in [5, 5.41) is 5.24. The number of ether oxygens (including phenoxy) is 2. The van der Waals surface area contributed by atoms with Crippen LogP contribution in [-0.4, -0.2) is 36.7 Å². The maximum Gasteiger partial charge on any atom is 0.412 e. The Balaban J connectivity index is 2.52. The molecule has 0 aliphatic heterocycles. The highest BCUT2D eigenvalue weighted by molar-refractivity contribution is 5.93. The fourth-order valence-corrected chi connectivity index (χ4v) is 1.91. The normalized spacial score (nSPS) is 11.0. The van der Waals surface area contributed by atoms with Crippen molar-refractivity contribution in [1.82, 2.24) is 5.32 Å². The molecule has 26 heavy (non-hydrogen) atoms. The van der Waals surface area contributed by atoms with Crippen molar-refractivity contribution in [2.24, 2.45) is 5.92 Å². The highest BCUT2D eigenvalue weighted by Gasteiger charge is 2.17. The van der Waals surface area contributed by atoms with Crippen molar-refractivity contribution in [2.75, 3.05) is 18.5 Å². The number of esters is 1. The third kappa shape index (κ3) is 9.05. The number of hydrogen-bond acceptors (Lipinski definition) is 5. The first-order chi connectivity index (χ1) is 12.1. The summed E-state index contributed by atoms with van der Waals surface area (Å²) in [5.74, 6) is -0.503. The second-order valence-electron chi connectivity index (χ2n) is 7.32. The van der Waals surface area contributed by atoms with Crippen LogP contribution in [0.15, 0.2) is 24.3 Å². The van der Waals surface area contributed by atoms with Gasteiger partial charge in [0.2, 0.25) is 0 Å². The molecule has 0 heterocycles. The van der Waals surface area contributed by atoms with Crippen molar-refractivity contribution in [3.63, 3.8) is 0 Å². The average Bonchev–Trinajstić information content (AvgIpc) is 2.50. The van der Waals surface area contributed by atoms with Gasteiger partial charge in [-0.05, 0) is 51.3 Å². The van der Waals surface area contributed by atoms with Gasteiger partial charge in [0.05, 0.1) is 5.56 Å². The Morgan fingerprint density at radius 1 is 1.15 bits per heavy atom. The van der Waals surface area contributed by atoms with Gasteiger partial charge in [-0.2, -0.15) is 0 Å². The first-order valence-electron chi connectivity index (χ1n) is 8.60. The third-order valence-electron chi connectivity index (χ3n) is 3.12. The minimum absolute atomic E-state index is 0.230. The molecule has 0 radical (unpaired) electrons. The number of carbonyl (C=O) groups excluding carboxylic acids is 3. The van der Waals surface area contributed by atoms with E-state index in [0.29, 0.717) is 18.2 Å². The Labute approximate surface area is 154 Å². The lowest BCUT2D eigenvalue weighted by Crippen LogP contribution is -2.30. The van der Waals surface area contributed by atoms with E-state index < -0.39 is 17.7 Å². The molecular formula is C19H28N2O5. The Bertz CT molecular complexity index is 635. The van der Waals surface area contributed by atoms with Crippen molar-refractivity contribution in [3.05, 3.63) is 29.8 Å². The molecule has 0 aromatic heterocycles. The van der Waals surface area contributed by atoms with Gasteiger partial charge in [-0.1, -0.05) is 19.9 Å². The van der Waals surface area contributed by atoms with Crippen molar-refractivity contribution in [1.29, 1.82) is 0 Å². The smallest absolute Gasteiger partial charge is 0.412 e. The van der Waals surface area contributed by atoms with Crippen molar-refractivity contribution in [2.45, 2.75) is 46.6 Å². The molecule has 1 aromatic carbocycles. The number of nitrogens with one attached hydrogen (secondary N) is 2. The molecule has 1 aromatic rings. The average molecular weight is 364 g/mol. The van der Waals surface area contributed by atoms with E-state index in [1.165, 1.54) is 6.07 Å².